The molecule has 0 radical (unpaired) electrons. The molecular formula is C14H17BrO2. The minimum Gasteiger partial charge on any atom is -0.481 e. The fourth-order valence-corrected chi connectivity index (χ4v) is 3.08. The molecule has 1 fully saturated rings. The van der Waals surface area contributed by atoms with Crippen molar-refractivity contribution in [3.8, 4) is 0 Å². The summed E-state index contributed by atoms with van der Waals surface area (Å²) in [5.41, 5.74) is 0.581. The van der Waals surface area contributed by atoms with Crippen LogP contribution >= 0.6 is 15.9 Å². The molecule has 0 heterocycles. The van der Waals surface area contributed by atoms with E-state index in [1.165, 1.54) is 0 Å². The Labute approximate surface area is 110 Å². The lowest BCUT2D eigenvalue weighted by Gasteiger charge is -2.24. The normalized spacial score (nSPS) is 28.2. The van der Waals surface area contributed by atoms with Gasteiger partial charge in [0.25, 0.3) is 0 Å². The first-order chi connectivity index (χ1) is 8.02. The maximum Gasteiger partial charge on any atom is 0.309 e. The molecule has 1 aromatic carbocycles. The molecule has 1 saturated carbocycles. The second kappa shape index (κ2) is 4.81. The zero-order valence-corrected chi connectivity index (χ0v) is 11.5. The first kappa shape index (κ1) is 12.6. The van der Waals surface area contributed by atoms with Gasteiger partial charge in [-0.2, -0.15) is 0 Å². The summed E-state index contributed by atoms with van der Waals surface area (Å²) in [5, 5.41) is 9.49. The second-order valence-electron chi connectivity index (χ2n) is 5.24. The van der Waals surface area contributed by atoms with E-state index in [2.05, 4.69) is 22.9 Å². The first-order valence-corrected chi connectivity index (χ1v) is 6.79. The third-order valence-corrected chi connectivity index (χ3v) is 4.29. The fourth-order valence-electron chi connectivity index (χ4n) is 2.82. The quantitative estimate of drug-likeness (QED) is 0.919. The number of carbonyl (C=O) groups is 1. The van der Waals surface area contributed by atoms with E-state index < -0.39 is 11.4 Å². The highest BCUT2D eigenvalue weighted by atomic mass is 79.9. The Morgan fingerprint density at radius 2 is 2.12 bits per heavy atom. The molecule has 0 spiro atoms. The molecule has 1 aromatic rings. The van der Waals surface area contributed by atoms with Gasteiger partial charge in [0.2, 0.25) is 0 Å². The smallest absolute Gasteiger partial charge is 0.309 e. The van der Waals surface area contributed by atoms with Gasteiger partial charge in [-0.15, -0.1) is 0 Å². The maximum atomic E-state index is 11.5. The SMILES string of the molecule is CC1CCC(Cc2ccc(Br)cc2)(C(=O)O)C1. The van der Waals surface area contributed by atoms with E-state index in [0.29, 0.717) is 12.3 Å². The van der Waals surface area contributed by atoms with Gasteiger partial charge < -0.3 is 5.11 Å². The van der Waals surface area contributed by atoms with Crippen LogP contribution in [0.15, 0.2) is 28.7 Å². The van der Waals surface area contributed by atoms with Crippen LogP contribution in [-0.2, 0) is 11.2 Å². The van der Waals surface area contributed by atoms with Crippen LogP contribution in [0.1, 0.15) is 31.7 Å². The van der Waals surface area contributed by atoms with Crippen LogP contribution in [0.25, 0.3) is 0 Å². The third-order valence-electron chi connectivity index (χ3n) is 3.76. The van der Waals surface area contributed by atoms with Gasteiger partial charge in [0.05, 0.1) is 5.41 Å². The van der Waals surface area contributed by atoms with E-state index in [-0.39, 0.29) is 0 Å². The highest BCUT2D eigenvalue weighted by Gasteiger charge is 2.43. The molecule has 0 amide bonds. The lowest BCUT2D eigenvalue weighted by atomic mass is 9.79. The summed E-state index contributed by atoms with van der Waals surface area (Å²) in [6.45, 7) is 2.15. The van der Waals surface area contributed by atoms with Gasteiger partial charge in [-0.3, -0.25) is 4.79 Å². The number of benzene rings is 1. The van der Waals surface area contributed by atoms with Gasteiger partial charge in [0, 0.05) is 4.47 Å². The molecule has 0 bridgehead atoms. The van der Waals surface area contributed by atoms with Crippen molar-refractivity contribution in [3.63, 3.8) is 0 Å². The van der Waals surface area contributed by atoms with Crippen LogP contribution in [0.4, 0.5) is 0 Å². The maximum absolute atomic E-state index is 11.5. The Morgan fingerprint density at radius 3 is 2.59 bits per heavy atom. The van der Waals surface area contributed by atoms with E-state index in [4.69, 9.17) is 0 Å². The molecule has 2 atom stereocenters. The van der Waals surface area contributed by atoms with Crippen molar-refractivity contribution in [2.75, 3.05) is 0 Å². The molecule has 1 N–H and O–H groups in total. The third kappa shape index (κ3) is 2.71. The standard InChI is InChI=1S/C14H17BrO2/c1-10-6-7-14(8-10,13(16)17)9-11-2-4-12(15)5-3-11/h2-5,10H,6-9H2,1H3,(H,16,17). The fraction of sp³-hybridized carbons (Fsp3) is 0.500. The molecule has 17 heavy (non-hydrogen) atoms. The highest BCUT2D eigenvalue weighted by Crippen LogP contribution is 2.44. The van der Waals surface area contributed by atoms with E-state index in [0.717, 1.165) is 29.3 Å². The number of hydrogen-bond donors (Lipinski definition) is 1. The van der Waals surface area contributed by atoms with Crippen LogP contribution in [0, 0.1) is 11.3 Å². The van der Waals surface area contributed by atoms with Crippen molar-refractivity contribution in [1.82, 2.24) is 0 Å². The van der Waals surface area contributed by atoms with Crippen molar-refractivity contribution < 1.29 is 9.90 Å². The lowest BCUT2D eigenvalue weighted by molar-refractivity contribution is -0.148. The summed E-state index contributed by atoms with van der Waals surface area (Å²) >= 11 is 3.39. The Balaban J connectivity index is 2.19. The number of halogens is 1. The van der Waals surface area contributed by atoms with Crippen molar-refractivity contribution in [2.45, 2.75) is 32.6 Å². The summed E-state index contributed by atoms with van der Waals surface area (Å²) in [5.74, 6) is -0.105. The monoisotopic (exact) mass is 296 g/mol. The van der Waals surface area contributed by atoms with Crippen LogP contribution in [-0.4, -0.2) is 11.1 Å². The number of aliphatic carboxylic acids is 1. The summed E-state index contributed by atoms with van der Waals surface area (Å²) in [6.07, 6.45) is 3.29. The minimum absolute atomic E-state index is 0.529. The van der Waals surface area contributed by atoms with Gasteiger partial charge in [0.1, 0.15) is 0 Å². The molecule has 0 aromatic heterocycles. The van der Waals surface area contributed by atoms with Crippen LogP contribution in [0.5, 0.6) is 0 Å². The molecule has 1 aliphatic rings. The zero-order valence-electron chi connectivity index (χ0n) is 9.95. The molecule has 0 saturated heterocycles. The molecule has 1 aliphatic carbocycles. The van der Waals surface area contributed by atoms with E-state index in [9.17, 15) is 9.90 Å². The Morgan fingerprint density at radius 1 is 1.47 bits per heavy atom. The van der Waals surface area contributed by atoms with Gasteiger partial charge in [-0.25, -0.2) is 0 Å². The molecule has 2 unspecified atom stereocenters. The van der Waals surface area contributed by atoms with Crippen LogP contribution in [0.3, 0.4) is 0 Å². The van der Waals surface area contributed by atoms with Gasteiger partial charge in [-0.05, 0) is 49.3 Å². The average Bonchev–Trinajstić information content (AvgIpc) is 2.65. The van der Waals surface area contributed by atoms with Gasteiger partial charge in [-0.1, -0.05) is 35.0 Å². The Hall–Kier alpha value is -0.830. The van der Waals surface area contributed by atoms with E-state index >= 15 is 0 Å². The number of carboxylic acid groups (broad SMARTS) is 1. The Kier molecular flexibility index (Phi) is 3.57. The summed E-state index contributed by atoms with van der Waals surface area (Å²) in [7, 11) is 0. The molecule has 0 aliphatic heterocycles. The predicted molar refractivity (Wildman–Crippen MR) is 70.9 cm³/mol. The molecule has 2 nitrogen and oxygen atoms in total. The van der Waals surface area contributed by atoms with Gasteiger partial charge >= 0.3 is 5.97 Å². The van der Waals surface area contributed by atoms with Crippen LogP contribution in [0.2, 0.25) is 0 Å². The molecular weight excluding hydrogens is 280 g/mol. The average molecular weight is 297 g/mol. The number of hydrogen-bond acceptors (Lipinski definition) is 1. The predicted octanol–water partition coefficient (Wildman–Crippen LogP) is 3.88. The molecule has 2 rings (SSSR count). The van der Waals surface area contributed by atoms with Crippen molar-refractivity contribution in [1.29, 1.82) is 0 Å². The summed E-state index contributed by atoms with van der Waals surface area (Å²) < 4.78 is 1.03. The second-order valence-corrected chi connectivity index (χ2v) is 6.15. The lowest BCUT2D eigenvalue weighted by Crippen LogP contribution is -2.30. The van der Waals surface area contributed by atoms with E-state index in [1.807, 2.05) is 24.3 Å². The molecule has 3 heteroatoms. The molecule has 92 valence electrons. The Bertz CT molecular complexity index is 413. The topological polar surface area (TPSA) is 37.3 Å². The van der Waals surface area contributed by atoms with Crippen molar-refractivity contribution in [3.05, 3.63) is 34.3 Å². The number of rotatable bonds is 3. The zero-order chi connectivity index (χ0) is 12.5. The highest BCUT2D eigenvalue weighted by molar-refractivity contribution is 9.10. The van der Waals surface area contributed by atoms with Gasteiger partial charge in [0.15, 0.2) is 0 Å². The van der Waals surface area contributed by atoms with E-state index in [1.54, 1.807) is 0 Å². The van der Waals surface area contributed by atoms with Crippen molar-refractivity contribution in [2.24, 2.45) is 11.3 Å². The summed E-state index contributed by atoms with van der Waals surface area (Å²) in [4.78, 5) is 11.5. The number of carboxylic acids is 1. The summed E-state index contributed by atoms with van der Waals surface area (Å²) in [6, 6.07) is 7.97. The first-order valence-electron chi connectivity index (χ1n) is 6.00. The van der Waals surface area contributed by atoms with Crippen LogP contribution < -0.4 is 0 Å². The minimum atomic E-state index is -0.634. The van der Waals surface area contributed by atoms with Crippen molar-refractivity contribution >= 4 is 21.9 Å². The largest absolute Gasteiger partial charge is 0.481 e.